The molecule has 0 heterocycles. The number of hydrogen-bond donors (Lipinski definition) is 1. The van der Waals surface area contributed by atoms with Gasteiger partial charge in [-0.1, -0.05) is 69.9 Å². The van der Waals surface area contributed by atoms with E-state index in [1.807, 2.05) is 24.3 Å². The van der Waals surface area contributed by atoms with Gasteiger partial charge < -0.3 is 10.0 Å². The lowest BCUT2D eigenvalue weighted by atomic mass is 10.1. The molecule has 1 unspecified atom stereocenters. The second-order valence-electron chi connectivity index (χ2n) is 8.32. The maximum absolute atomic E-state index is 13.3. The topological polar surface area (TPSA) is 91.8 Å². The number of nitrogens with zero attached hydrogens (tertiary/aromatic N) is 1. The number of carboxylic acids is 1. The number of hydrogen-bond acceptors (Lipinski definition) is 4. The van der Waals surface area contributed by atoms with E-state index in [0.29, 0.717) is 13.1 Å². The monoisotopic (exact) mass is 461 g/mol. The molecule has 1 N–H and O–H groups in total. The van der Waals surface area contributed by atoms with Gasteiger partial charge in [-0.25, -0.2) is 8.42 Å². The van der Waals surface area contributed by atoms with Crippen LogP contribution in [0.5, 0.6) is 0 Å². The third-order valence-corrected chi connectivity index (χ3v) is 7.46. The van der Waals surface area contributed by atoms with Crippen molar-refractivity contribution >= 4 is 32.5 Å². The van der Waals surface area contributed by atoms with E-state index < -0.39 is 33.9 Å². The number of amides is 1. The van der Waals surface area contributed by atoms with Crippen molar-refractivity contribution < 1.29 is 23.1 Å². The lowest BCUT2D eigenvalue weighted by molar-refractivity contribution is -0.144. The van der Waals surface area contributed by atoms with Crippen molar-refractivity contribution in [2.75, 3.05) is 18.8 Å². The van der Waals surface area contributed by atoms with Crippen LogP contribution in [0.4, 0.5) is 0 Å². The molecule has 0 spiro atoms. The average molecular weight is 462 g/mol. The summed E-state index contributed by atoms with van der Waals surface area (Å²) < 4.78 is 26.3. The number of carbonyl (C=O) groups is 2. The first kappa shape index (κ1) is 25.8. The predicted molar refractivity (Wildman–Crippen MR) is 127 cm³/mol. The second kappa shape index (κ2) is 12.6. The van der Waals surface area contributed by atoms with Gasteiger partial charge in [0.15, 0.2) is 9.84 Å². The molecule has 0 aromatic heterocycles. The maximum Gasteiger partial charge on any atom is 0.304 e. The molecule has 2 aromatic carbocycles. The molecule has 0 aliphatic heterocycles. The van der Waals surface area contributed by atoms with Crippen molar-refractivity contribution in [2.45, 2.75) is 63.7 Å². The van der Waals surface area contributed by atoms with Crippen molar-refractivity contribution in [2.24, 2.45) is 5.92 Å². The van der Waals surface area contributed by atoms with Crippen LogP contribution in [0, 0.1) is 5.92 Å². The van der Waals surface area contributed by atoms with Gasteiger partial charge in [0.25, 0.3) is 0 Å². The molecule has 2 aromatic rings. The molecule has 0 radical (unpaired) electrons. The molecule has 6 nitrogen and oxygen atoms in total. The molecule has 32 heavy (non-hydrogen) atoms. The highest BCUT2D eigenvalue weighted by molar-refractivity contribution is 7.91. The quantitative estimate of drug-likeness (QED) is 0.404. The molecule has 0 fully saturated rings. The number of fused-ring (bicyclic) bond motifs is 1. The maximum atomic E-state index is 13.3. The first-order chi connectivity index (χ1) is 15.3. The van der Waals surface area contributed by atoms with Gasteiger partial charge in [0.1, 0.15) is 0 Å². The summed E-state index contributed by atoms with van der Waals surface area (Å²) >= 11 is 0. The number of rotatable bonds is 14. The Morgan fingerprint density at radius 2 is 1.50 bits per heavy atom. The zero-order valence-electron chi connectivity index (χ0n) is 19.1. The van der Waals surface area contributed by atoms with Crippen LogP contribution < -0.4 is 0 Å². The minimum absolute atomic E-state index is 0.114. The minimum atomic E-state index is -3.84. The van der Waals surface area contributed by atoms with E-state index in [-0.39, 0.29) is 10.8 Å². The van der Waals surface area contributed by atoms with Crippen molar-refractivity contribution in [1.82, 2.24) is 4.90 Å². The van der Waals surface area contributed by atoms with Crippen LogP contribution in [0.15, 0.2) is 47.4 Å². The Kier molecular flexibility index (Phi) is 10.2. The third kappa shape index (κ3) is 7.62. The van der Waals surface area contributed by atoms with Crippen LogP contribution in [0.1, 0.15) is 58.8 Å². The number of aliphatic carboxylic acids is 1. The Balaban J connectivity index is 2.26. The summed E-state index contributed by atoms with van der Waals surface area (Å²) in [5.74, 6) is -3.15. The van der Waals surface area contributed by atoms with E-state index >= 15 is 0 Å². The van der Waals surface area contributed by atoms with E-state index in [9.17, 15) is 23.1 Å². The standard InChI is InChI=1S/C25H35NO5S/c1-3-5-9-15-26(16-10-6-4-2)25(29)22(18-24(27)28)19-32(30,31)23-14-13-20-11-7-8-12-21(20)17-23/h7-8,11-14,17,22H,3-6,9-10,15-16,18-19H2,1-2H3,(H,27,28). The zero-order valence-corrected chi connectivity index (χ0v) is 19.9. The molecule has 176 valence electrons. The SMILES string of the molecule is CCCCCN(CCCCC)C(=O)C(CC(=O)O)CS(=O)(=O)c1ccc2ccccc2c1. The number of unbranched alkanes of at least 4 members (excludes halogenated alkanes) is 4. The summed E-state index contributed by atoms with van der Waals surface area (Å²) in [6.07, 6.45) is 5.10. The summed E-state index contributed by atoms with van der Waals surface area (Å²) in [7, 11) is -3.84. The molecule has 1 amide bonds. The minimum Gasteiger partial charge on any atom is -0.481 e. The van der Waals surface area contributed by atoms with E-state index in [0.717, 1.165) is 49.3 Å². The average Bonchev–Trinajstić information content (AvgIpc) is 2.76. The highest BCUT2D eigenvalue weighted by Gasteiger charge is 2.32. The van der Waals surface area contributed by atoms with Crippen LogP contribution in [0.25, 0.3) is 10.8 Å². The number of carbonyl (C=O) groups excluding carboxylic acids is 1. The molecular formula is C25H35NO5S. The van der Waals surface area contributed by atoms with Gasteiger partial charge in [0.2, 0.25) is 5.91 Å². The van der Waals surface area contributed by atoms with Crippen LogP contribution in [-0.2, 0) is 19.4 Å². The van der Waals surface area contributed by atoms with Gasteiger partial charge >= 0.3 is 5.97 Å². The normalized spacial score (nSPS) is 12.6. The second-order valence-corrected chi connectivity index (χ2v) is 10.4. The van der Waals surface area contributed by atoms with Crippen molar-refractivity contribution in [3.05, 3.63) is 42.5 Å². The smallest absolute Gasteiger partial charge is 0.304 e. The molecule has 0 saturated carbocycles. The van der Waals surface area contributed by atoms with Crippen LogP contribution in [-0.4, -0.2) is 49.1 Å². The number of benzene rings is 2. The molecule has 0 bridgehead atoms. The first-order valence-corrected chi connectivity index (χ1v) is 13.2. The Bertz CT molecular complexity index is 992. The number of carboxylic acid groups (broad SMARTS) is 1. The molecule has 2 rings (SSSR count). The van der Waals surface area contributed by atoms with Gasteiger partial charge in [0, 0.05) is 13.1 Å². The lowest BCUT2D eigenvalue weighted by Gasteiger charge is -2.27. The van der Waals surface area contributed by atoms with Gasteiger partial charge in [-0.3, -0.25) is 9.59 Å². The Hall–Kier alpha value is -2.41. The molecule has 0 saturated heterocycles. The van der Waals surface area contributed by atoms with Crippen LogP contribution in [0.2, 0.25) is 0 Å². The third-order valence-electron chi connectivity index (χ3n) is 5.65. The van der Waals surface area contributed by atoms with Gasteiger partial charge in [-0.2, -0.15) is 0 Å². The zero-order chi connectivity index (χ0) is 23.6. The fourth-order valence-corrected chi connectivity index (χ4v) is 5.41. The predicted octanol–water partition coefficient (Wildman–Crippen LogP) is 4.91. The molecule has 7 heteroatoms. The van der Waals surface area contributed by atoms with Crippen molar-refractivity contribution in [1.29, 1.82) is 0 Å². The van der Waals surface area contributed by atoms with Crippen LogP contribution >= 0.6 is 0 Å². The summed E-state index contributed by atoms with van der Waals surface area (Å²) in [5.41, 5.74) is 0. The highest BCUT2D eigenvalue weighted by atomic mass is 32.2. The van der Waals surface area contributed by atoms with Crippen molar-refractivity contribution in [3.63, 3.8) is 0 Å². The van der Waals surface area contributed by atoms with Gasteiger partial charge in [-0.05, 0) is 35.7 Å². The van der Waals surface area contributed by atoms with Gasteiger partial charge in [0.05, 0.1) is 23.0 Å². The Morgan fingerprint density at radius 1 is 0.906 bits per heavy atom. The lowest BCUT2D eigenvalue weighted by Crippen LogP contribution is -2.41. The van der Waals surface area contributed by atoms with Crippen LogP contribution in [0.3, 0.4) is 0 Å². The molecular weight excluding hydrogens is 426 g/mol. The summed E-state index contributed by atoms with van der Waals surface area (Å²) in [4.78, 5) is 26.6. The summed E-state index contributed by atoms with van der Waals surface area (Å²) in [6.45, 7) is 5.21. The van der Waals surface area contributed by atoms with E-state index in [1.165, 1.54) is 6.07 Å². The summed E-state index contributed by atoms with van der Waals surface area (Å²) in [6, 6.07) is 12.3. The largest absolute Gasteiger partial charge is 0.481 e. The van der Waals surface area contributed by atoms with E-state index in [2.05, 4.69) is 13.8 Å². The Morgan fingerprint density at radius 3 is 2.06 bits per heavy atom. The van der Waals surface area contributed by atoms with E-state index in [4.69, 9.17) is 0 Å². The van der Waals surface area contributed by atoms with Crippen molar-refractivity contribution in [3.8, 4) is 0 Å². The van der Waals surface area contributed by atoms with E-state index in [1.54, 1.807) is 17.0 Å². The molecule has 0 aliphatic carbocycles. The Labute approximate surface area is 191 Å². The highest BCUT2D eigenvalue weighted by Crippen LogP contribution is 2.23. The molecule has 1 atom stereocenters. The number of sulfone groups is 1. The fourth-order valence-electron chi connectivity index (χ4n) is 3.85. The van der Waals surface area contributed by atoms with Gasteiger partial charge in [-0.15, -0.1) is 0 Å². The first-order valence-electron chi connectivity index (χ1n) is 11.5. The fraction of sp³-hybridized carbons (Fsp3) is 0.520. The summed E-state index contributed by atoms with van der Waals surface area (Å²) in [5, 5.41) is 11.1. The molecule has 0 aliphatic rings.